The zero-order valence-electron chi connectivity index (χ0n) is 19.5. The van der Waals surface area contributed by atoms with Crippen molar-refractivity contribution in [2.24, 2.45) is 0 Å². The lowest BCUT2D eigenvalue weighted by molar-refractivity contribution is 0.211. The highest BCUT2D eigenvalue weighted by Crippen LogP contribution is 2.26. The van der Waals surface area contributed by atoms with E-state index in [0.717, 1.165) is 65.4 Å². The summed E-state index contributed by atoms with van der Waals surface area (Å²) in [6, 6.07) is 20.5. The lowest BCUT2D eigenvalue weighted by Crippen LogP contribution is -2.39. The summed E-state index contributed by atoms with van der Waals surface area (Å²) in [4.78, 5) is 16.6. The molecule has 0 bridgehead atoms. The molecule has 174 valence electrons. The highest BCUT2D eigenvalue weighted by atomic mass is 35.5. The molecule has 6 nitrogen and oxygen atoms in total. The standard InChI is InChI=1S/C27H28ClN5O/c1-18-23-16-20(24-4-3-5-26(31-24)34-2)8-11-25(23)32-27(29-18)30-22-12-14-33(15-13-22)17-19-6-9-21(28)10-7-19/h3-11,16,22H,12-15,17H2,1-2H3,(H,29,30,32). The van der Waals surface area contributed by atoms with Gasteiger partial charge in [0.1, 0.15) is 0 Å². The minimum absolute atomic E-state index is 0.374. The van der Waals surface area contributed by atoms with Crippen LogP contribution >= 0.6 is 11.6 Å². The van der Waals surface area contributed by atoms with E-state index >= 15 is 0 Å². The van der Waals surface area contributed by atoms with Crippen LogP contribution in [0.25, 0.3) is 22.2 Å². The van der Waals surface area contributed by atoms with Gasteiger partial charge >= 0.3 is 0 Å². The normalized spacial score (nSPS) is 14.9. The number of aryl methyl sites for hydroxylation is 1. The molecule has 0 atom stereocenters. The van der Waals surface area contributed by atoms with Gasteiger partial charge in [-0.2, -0.15) is 0 Å². The summed E-state index contributed by atoms with van der Waals surface area (Å²) < 4.78 is 5.26. The van der Waals surface area contributed by atoms with Crippen LogP contribution in [-0.2, 0) is 6.54 Å². The van der Waals surface area contributed by atoms with E-state index < -0.39 is 0 Å². The molecule has 0 spiro atoms. The molecule has 5 rings (SSSR count). The Kier molecular flexibility index (Phi) is 6.61. The average molecular weight is 474 g/mol. The Bertz CT molecular complexity index is 1290. The van der Waals surface area contributed by atoms with Crippen molar-refractivity contribution in [3.8, 4) is 17.1 Å². The zero-order valence-corrected chi connectivity index (χ0v) is 20.2. The SMILES string of the molecule is COc1cccc(-c2ccc3nc(NC4CCN(Cc5ccc(Cl)cc5)CC4)nc(C)c3c2)n1. The highest BCUT2D eigenvalue weighted by molar-refractivity contribution is 6.30. The van der Waals surface area contributed by atoms with Crippen LogP contribution in [0.1, 0.15) is 24.1 Å². The molecular formula is C27H28ClN5O. The van der Waals surface area contributed by atoms with Crippen LogP contribution in [0.2, 0.25) is 5.02 Å². The van der Waals surface area contributed by atoms with Gasteiger partial charge in [0.2, 0.25) is 11.8 Å². The number of piperidine rings is 1. The number of nitrogens with zero attached hydrogens (tertiary/aromatic N) is 4. The molecule has 2 aromatic carbocycles. The van der Waals surface area contributed by atoms with Crippen molar-refractivity contribution >= 4 is 28.5 Å². The van der Waals surface area contributed by atoms with E-state index in [1.54, 1.807) is 7.11 Å². The third-order valence-corrected chi connectivity index (χ3v) is 6.61. The van der Waals surface area contributed by atoms with E-state index in [9.17, 15) is 0 Å². The third kappa shape index (κ3) is 5.13. The number of benzene rings is 2. The lowest BCUT2D eigenvalue weighted by Gasteiger charge is -2.32. The van der Waals surface area contributed by atoms with E-state index in [2.05, 4.69) is 39.5 Å². The molecule has 7 heteroatoms. The Morgan fingerprint density at radius 1 is 1.00 bits per heavy atom. The van der Waals surface area contributed by atoms with E-state index in [0.29, 0.717) is 17.9 Å². The summed E-state index contributed by atoms with van der Waals surface area (Å²) in [7, 11) is 1.63. The first-order valence-electron chi connectivity index (χ1n) is 11.6. The number of aromatic nitrogens is 3. The number of rotatable bonds is 6. The van der Waals surface area contributed by atoms with Crippen molar-refractivity contribution < 1.29 is 4.74 Å². The second-order valence-electron chi connectivity index (χ2n) is 8.75. The second kappa shape index (κ2) is 9.95. The van der Waals surface area contributed by atoms with Gasteiger partial charge in [-0.1, -0.05) is 35.9 Å². The monoisotopic (exact) mass is 473 g/mol. The molecule has 1 aliphatic heterocycles. The fraction of sp³-hybridized carbons (Fsp3) is 0.296. The number of halogens is 1. The van der Waals surface area contributed by atoms with Crippen LogP contribution in [0.3, 0.4) is 0 Å². The summed E-state index contributed by atoms with van der Waals surface area (Å²) in [5, 5.41) is 5.39. The number of pyridine rings is 1. The van der Waals surface area contributed by atoms with Gasteiger partial charge in [0.15, 0.2) is 0 Å². The van der Waals surface area contributed by atoms with Gasteiger partial charge in [-0.25, -0.2) is 15.0 Å². The number of methoxy groups -OCH3 is 1. The van der Waals surface area contributed by atoms with E-state index in [1.165, 1.54) is 5.56 Å². The highest BCUT2D eigenvalue weighted by Gasteiger charge is 2.20. The Balaban J connectivity index is 1.25. The molecule has 1 aliphatic rings. The van der Waals surface area contributed by atoms with Crippen molar-refractivity contribution in [3.05, 3.63) is 76.9 Å². The van der Waals surface area contributed by atoms with Gasteiger partial charge in [0.25, 0.3) is 0 Å². The van der Waals surface area contributed by atoms with Gasteiger partial charge in [0.05, 0.1) is 24.0 Å². The van der Waals surface area contributed by atoms with Crippen molar-refractivity contribution in [1.29, 1.82) is 0 Å². The summed E-state index contributed by atoms with van der Waals surface area (Å²) in [5.41, 5.74) is 5.08. The molecule has 1 fully saturated rings. The Hall–Kier alpha value is -3.22. The molecule has 0 unspecified atom stereocenters. The van der Waals surface area contributed by atoms with Gasteiger partial charge < -0.3 is 10.1 Å². The molecule has 3 heterocycles. The number of fused-ring (bicyclic) bond motifs is 1. The number of nitrogens with one attached hydrogen (secondary N) is 1. The van der Waals surface area contributed by atoms with Crippen LogP contribution in [0.4, 0.5) is 5.95 Å². The van der Waals surface area contributed by atoms with Crippen molar-refractivity contribution in [1.82, 2.24) is 19.9 Å². The molecule has 1 saturated heterocycles. The van der Waals surface area contributed by atoms with Gasteiger partial charge in [0, 0.05) is 47.7 Å². The van der Waals surface area contributed by atoms with Crippen LogP contribution in [-0.4, -0.2) is 46.1 Å². The molecule has 4 aromatic rings. The lowest BCUT2D eigenvalue weighted by atomic mass is 10.0. The maximum atomic E-state index is 6.00. The minimum Gasteiger partial charge on any atom is -0.481 e. The number of ether oxygens (including phenoxy) is 1. The minimum atomic E-state index is 0.374. The Labute approximate surface area is 205 Å². The first-order chi connectivity index (χ1) is 16.6. The molecule has 1 N–H and O–H groups in total. The van der Waals surface area contributed by atoms with Crippen molar-refractivity contribution in [2.45, 2.75) is 32.4 Å². The molecule has 34 heavy (non-hydrogen) atoms. The second-order valence-corrected chi connectivity index (χ2v) is 9.19. The predicted molar refractivity (Wildman–Crippen MR) is 137 cm³/mol. The van der Waals surface area contributed by atoms with Crippen LogP contribution in [0, 0.1) is 6.92 Å². The van der Waals surface area contributed by atoms with Crippen LogP contribution in [0.15, 0.2) is 60.7 Å². The molecule has 2 aromatic heterocycles. The van der Waals surface area contributed by atoms with E-state index in [1.807, 2.05) is 43.3 Å². The average Bonchev–Trinajstić information content (AvgIpc) is 2.86. The topological polar surface area (TPSA) is 63.2 Å². The van der Waals surface area contributed by atoms with Crippen LogP contribution < -0.4 is 10.1 Å². The fourth-order valence-electron chi connectivity index (χ4n) is 4.46. The first kappa shape index (κ1) is 22.6. The summed E-state index contributed by atoms with van der Waals surface area (Å²) in [6.45, 7) is 5.08. The van der Waals surface area contributed by atoms with Crippen molar-refractivity contribution in [3.63, 3.8) is 0 Å². The summed E-state index contributed by atoms with van der Waals surface area (Å²) >= 11 is 6.00. The zero-order chi connectivity index (χ0) is 23.5. The van der Waals surface area contributed by atoms with Gasteiger partial charge in [-0.3, -0.25) is 4.90 Å². The summed E-state index contributed by atoms with van der Waals surface area (Å²) in [6.07, 6.45) is 2.13. The quantitative estimate of drug-likeness (QED) is 0.385. The maximum absolute atomic E-state index is 6.00. The van der Waals surface area contributed by atoms with Crippen LogP contribution in [0.5, 0.6) is 5.88 Å². The summed E-state index contributed by atoms with van der Waals surface area (Å²) in [5.74, 6) is 1.30. The van der Waals surface area contributed by atoms with E-state index in [-0.39, 0.29) is 0 Å². The molecule has 0 radical (unpaired) electrons. The number of hydrogen-bond acceptors (Lipinski definition) is 6. The Morgan fingerprint density at radius 2 is 1.79 bits per heavy atom. The predicted octanol–water partition coefficient (Wildman–Crippen LogP) is 5.74. The molecular weight excluding hydrogens is 446 g/mol. The number of hydrogen-bond donors (Lipinski definition) is 1. The van der Waals surface area contributed by atoms with Gasteiger partial charge in [-0.15, -0.1) is 0 Å². The maximum Gasteiger partial charge on any atom is 0.223 e. The number of anilines is 1. The molecule has 0 amide bonds. The largest absolute Gasteiger partial charge is 0.481 e. The molecule has 0 aliphatic carbocycles. The molecule has 0 saturated carbocycles. The number of likely N-dealkylation sites (tertiary alicyclic amines) is 1. The first-order valence-corrected chi connectivity index (χ1v) is 12.0. The van der Waals surface area contributed by atoms with Crippen molar-refractivity contribution in [2.75, 3.05) is 25.5 Å². The Morgan fingerprint density at radius 3 is 2.56 bits per heavy atom. The van der Waals surface area contributed by atoms with E-state index in [4.69, 9.17) is 26.3 Å². The smallest absolute Gasteiger partial charge is 0.223 e. The third-order valence-electron chi connectivity index (χ3n) is 6.35. The van der Waals surface area contributed by atoms with Gasteiger partial charge in [-0.05, 0) is 55.7 Å². The fourth-order valence-corrected chi connectivity index (χ4v) is 4.59.